The molecule has 0 aromatic rings. The van der Waals surface area contributed by atoms with Crippen LogP contribution in [0.2, 0.25) is 0 Å². The predicted molar refractivity (Wildman–Crippen MR) is 39.7 cm³/mol. The third-order valence-corrected chi connectivity index (χ3v) is 2.63. The van der Waals surface area contributed by atoms with E-state index in [9.17, 15) is 10.2 Å². The number of rotatable bonds is 2. The molecule has 1 saturated carbocycles. The van der Waals surface area contributed by atoms with Gasteiger partial charge in [0.25, 0.3) is 0 Å². The Hall–Kier alpha value is -0.0800. The number of hydrogen-bond acceptors (Lipinski definition) is 2. The van der Waals surface area contributed by atoms with Gasteiger partial charge in [-0.05, 0) is 12.8 Å². The van der Waals surface area contributed by atoms with Crippen LogP contribution in [0.1, 0.15) is 39.5 Å². The summed E-state index contributed by atoms with van der Waals surface area (Å²) >= 11 is 0. The van der Waals surface area contributed by atoms with Crippen molar-refractivity contribution in [3.8, 4) is 0 Å². The second-order valence-electron chi connectivity index (χ2n) is 3.51. The van der Waals surface area contributed by atoms with E-state index in [0.29, 0.717) is 12.8 Å². The fraction of sp³-hybridized carbons (Fsp3) is 1.00. The summed E-state index contributed by atoms with van der Waals surface area (Å²) in [7, 11) is 0. The molecule has 0 atom stereocenters. The van der Waals surface area contributed by atoms with Crippen LogP contribution in [0, 0.1) is 0 Å². The highest BCUT2D eigenvalue weighted by molar-refractivity contribution is 5.03. The number of aliphatic hydroxyl groups is 2. The van der Waals surface area contributed by atoms with Gasteiger partial charge < -0.3 is 10.2 Å². The first-order valence-corrected chi connectivity index (χ1v) is 3.98. The summed E-state index contributed by atoms with van der Waals surface area (Å²) in [6.07, 6.45) is 2.64. The van der Waals surface area contributed by atoms with E-state index in [0.717, 1.165) is 12.8 Å². The Bertz CT molecular complexity index is 111. The van der Waals surface area contributed by atoms with E-state index < -0.39 is 11.2 Å². The first-order chi connectivity index (χ1) is 4.54. The van der Waals surface area contributed by atoms with Gasteiger partial charge in [0.2, 0.25) is 0 Å². The summed E-state index contributed by atoms with van der Waals surface area (Å²) in [5.41, 5.74) is -1.10. The van der Waals surface area contributed by atoms with Crippen LogP contribution in [0.5, 0.6) is 0 Å². The Morgan fingerprint density at radius 1 is 1.00 bits per heavy atom. The zero-order valence-electron chi connectivity index (χ0n) is 6.72. The molecule has 60 valence electrons. The Balaban J connectivity index is 2.42. The second kappa shape index (κ2) is 2.21. The molecule has 0 heterocycles. The highest BCUT2D eigenvalue weighted by Gasteiger charge is 2.50. The summed E-state index contributed by atoms with van der Waals surface area (Å²) in [6.45, 7) is 3.91. The molecular formula is C8H16O2. The third-order valence-electron chi connectivity index (χ3n) is 2.63. The van der Waals surface area contributed by atoms with Gasteiger partial charge in [0.05, 0.1) is 11.2 Å². The van der Waals surface area contributed by atoms with E-state index >= 15 is 0 Å². The Kier molecular flexibility index (Phi) is 1.77. The lowest BCUT2D eigenvalue weighted by Crippen LogP contribution is -2.55. The van der Waals surface area contributed by atoms with Crippen LogP contribution in [-0.2, 0) is 0 Å². The van der Waals surface area contributed by atoms with Gasteiger partial charge in [0.15, 0.2) is 0 Å². The highest BCUT2D eigenvalue weighted by atomic mass is 16.3. The van der Waals surface area contributed by atoms with Crippen molar-refractivity contribution in [2.75, 3.05) is 0 Å². The fourth-order valence-corrected chi connectivity index (χ4v) is 1.67. The zero-order valence-corrected chi connectivity index (χ0v) is 6.72. The zero-order chi connectivity index (χ0) is 7.83. The smallest absolute Gasteiger partial charge is 0.0699 e. The molecule has 10 heavy (non-hydrogen) atoms. The van der Waals surface area contributed by atoms with Crippen molar-refractivity contribution >= 4 is 0 Å². The second-order valence-corrected chi connectivity index (χ2v) is 3.51. The minimum Gasteiger partial charge on any atom is -0.390 e. The molecule has 0 saturated heterocycles. The maximum Gasteiger partial charge on any atom is 0.0699 e. The minimum atomic E-state index is -0.551. The van der Waals surface area contributed by atoms with Crippen molar-refractivity contribution in [2.24, 2.45) is 0 Å². The minimum absolute atomic E-state index is 0.551. The van der Waals surface area contributed by atoms with E-state index in [1.165, 1.54) is 0 Å². The van der Waals surface area contributed by atoms with Crippen molar-refractivity contribution in [3.63, 3.8) is 0 Å². The summed E-state index contributed by atoms with van der Waals surface area (Å²) in [4.78, 5) is 0. The number of hydrogen-bond donors (Lipinski definition) is 2. The normalized spacial score (nSPS) is 46.8. The summed E-state index contributed by atoms with van der Waals surface area (Å²) in [5.74, 6) is 0. The fourth-order valence-electron chi connectivity index (χ4n) is 1.67. The first-order valence-electron chi connectivity index (χ1n) is 3.98. The third kappa shape index (κ3) is 1.18. The first kappa shape index (κ1) is 8.02. The van der Waals surface area contributed by atoms with Crippen LogP contribution in [-0.4, -0.2) is 21.4 Å². The average molecular weight is 144 g/mol. The Morgan fingerprint density at radius 3 is 1.50 bits per heavy atom. The SMILES string of the molecule is CCC1(O)CC(O)(CC)C1. The molecule has 0 bridgehead atoms. The predicted octanol–water partition coefficient (Wildman–Crippen LogP) is 1.06. The largest absolute Gasteiger partial charge is 0.390 e. The summed E-state index contributed by atoms with van der Waals surface area (Å²) in [6, 6.07) is 0. The van der Waals surface area contributed by atoms with Crippen LogP contribution in [0.25, 0.3) is 0 Å². The molecule has 1 aliphatic rings. The summed E-state index contributed by atoms with van der Waals surface area (Å²) < 4.78 is 0. The van der Waals surface area contributed by atoms with Crippen LogP contribution in [0.3, 0.4) is 0 Å². The lowest BCUT2D eigenvalue weighted by atomic mass is 9.65. The van der Waals surface area contributed by atoms with Gasteiger partial charge in [-0.25, -0.2) is 0 Å². The van der Waals surface area contributed by atoms with Gasteiger partial charge >= 0.3 is 0 Å². The van der Waals surface area contributed by atoms with E-state index in [1.807, 2.05) is 13.8 Å². The lowest BCUT2D eigenvalue weighted by Gasteiger charge is -2.49. The molecule has 0 aliphatic heterocycles. The molecule has 0 aromatic heterocycles. The lowest BCUT2D eigenvalue weighted by molar-refractivity contribution is -0.181. The molecule has 1 aliphatic carbocycles. The molecule has 2 N–H and O–H groups in total. The van der Waals surface area contributed by atoms with E-state index in [4.69, 9.17) is 0 Å². The maximum absolute atomic E-state index is 9.53. The molecule has 1 rings (SSSR count). The van der Waals surface area contributed by atoms with Crippen molar-refractivity contribution in [1.29, 1.82) is 0 Å². The molecule has 0 aromatic carbocycles. The molecule has 0 amide bonds. The van der Waals surface area contributed by atoms with Gasteiger partial charge in [-0.3, -0.25) is 0 Å². The molecule has 0 spiro atoms. The van der Waals surface area contributed by atoms with Crippen molar-refractivity contribution in [3.05, 3.63) is 0 Å². The van der Waals surface area contributed by atoms with E-state index in [2.05, 4.69) is 0 Å². The quantitative estimate of drug-likeness (QED) is 0.608. The highest BCUT2D eigenvalue weighted by Crippen LogP contribution is 2.45. The van der Waals surface area contributed by atoms with Gasteiger partial charge in [-0.1, -0.05) is 13.8 Å². The molecule has 0 radical (unpaired) electrons. The van der Waals surface area contributed by atoms with Crippen LogP contribution in [0.15, 0.2) is 0 Å². The van der Waals surface area contributed by atoms with Gasteiger partial charge in [0, 0.05) is 12.8 Å². The van der Waals surface area contributed by atoms with Crippen LogP contribution in [0.4, 0.5) is 0 Å². The average Bonchev–Trinajstić information content (AvgIpc) is 1.85. The van der Waals surface area contributed by atoms with E-state index in [-0.39, 0.29) is 0 Å². The van der Waals surface area contributed by atoms with Crippen molar-refractivity contribution in [1.82, 2.24) is 0 Å². The monoisotopic (exact) mass is 144 g/mol. The van der Waals surface area contributed by atoms with Gasteiger partial charge in [0.1, 0.15) is 0 Å². The topological polar surface area (TPSA) is 40.5 Å². The molecular weight excluding hydrogens is 128 g/mol. The maximum atomic E-state index is 9.53. The van der Waals surface area contributed by atoms with Crippen molar-refractivity contribution < 1.29 is 10.2 Å². The molecule has 2 nitrogen and oxygen atoms in total. The molecule has 1 fully saturated rings. The van der Waals surface area contributed by atoms with Gasteiger partial charge in [-0.2, -0.15) is 0 Å². The Labute approximate surface area is 61.9 Å². The molecule has 0 unspecified atom stereocenters. The standard InChI is InChI=1S/C8H16O2/c1-3-7(9)5-8(10,4-2)6-7/h9-10H,3-6H2,1-2H3. The Morgan fingerprint density at radius 2 is 1.30 bits per heavy atom. The summed E-state index contributed by atoms with van der Waals surface area (Å²) in [5, 5.41) is 19.1. The van der Waals surface area contributed by atoms with Crippen molar-refractivity contribution in [2.45, 2.75) is 50.7 Å². The molecule has 2 heteroatoms. The van der Waals surface area contributed by atoms with Crippen LogP contribution < -0.4 is 0 Å². The van der Waals surface area contributed by atoms with Gasteiger partial charge in [-0.15, -0.1) is 0 Å². The van der Waals surface area contributed by atoms with E-state index in [1.54, 1.807) is 0 Å². The van der Waals surface area contributed by atoms with Crippen LogP contribution >= 0.6 is 0 Å².